The summed E-state index contributed by atoms with van der Waals surface area (Å²) in [6, 6.07) is 6.76. The van der Waals surface area contributed by atoms with Crippen molar-refractivity contribution in [2.75, 3.05) is 25.4 Å². The topological polar surface area (TPSA) is 83.6 Å². The van der Waals surface area contributed by atoms with E-state index in [1.54, 1.807) is 31.2 Å². The molecule has 2 unspecified atom stereocenters. The minimum Gasteiger partial charge on any atom is -0.393 e. The third kappa shape index (κ3) is 4.26. The van der Waals surface area contributed by atoms with Crippen LogP contribution in [-0.2, 0) is 16.4 Å². The Hall–Kier alpha value is -0.950. The molecule has 0 aliphatic carbocycles. The number of hydrogen-bond acceptors (Lipinski definition) is 5. The normalized spacial score (nSPS) is 21.6. The quantitative estimate of drug-likeness (QED) is 0.804. The maximum absolute atomic E-state index is 12.3. The van der Waals surface area contributed by atoms with E-state index in [9.17, 15) is 13.5 Å². The number of aliphatic hydroxyl groups is 1. The van der Waals surface area contributed by atoms with Crippen LogP contribution in [0.2, 0.25) is 0 Å². The second-order valence-electron chi connectivity index (χ2n) is 5.76. The van der Waals surface area contributed by atoms with Crippen LogP contribution in [0.5, 0.6) is 0 Å². The van der Waals surface area contributed by atoms with Crippen LogP contribution in [0.15, 0.2) is 29.2 Å². The Labute approximate surface area is 126 Å². The van der Waals surface area contributed by atoms with Crippen molar-refractivity contribution >= 4 is 9.84 Å². The molecule has 1 aromatic rings. The summed E-state index contributed by atoms with van der Waals surface area (Å²) in [4.78, 5) is 2.47. The Balaban J connectivity index is 1.92. The van der Waals surface area contributed by atoms with Gasteiger partial charge in [-0.1, -0.05) is 12.1 Å². The Bertz CT molecular complexity index is 555. The fraction of sp³-hybridized carbons (Fsp3) is 0.600. The number of benzene rings is 1. The molecule has 0 amide bonds. The molecular weight excluding hydrogens is 288 g/mol. The van der Waals surface area contributed by atoms with Crippen molar-refractivity contribution < 1.29 is 13.5 Å². The third-order valence-electron chi connectivity index (χ3n) is 4.19. The molecule has 21 heavy (non-hydrogen) atoms. The van der Waals surface area contributed by atoms with Crippen LogP contribution in [0, 0.1) is 5.92 Å². The highest BCUT2D eigenvalue weighted by atomic mass is 32.2. The standard InChI is InChI=1S/C15H24N2O3S/c1-12(18)14-6-7-17(11-14)8-9-21(19,20)15-4-2-13(10-16)3-5-15/h2-5,12,14,18H,6-11,16H2,1H3. The molecule has 1 fully saturated rings. The Morgan fingerprint density at radius 1 is 1.38 bits per heavy atom. The molecule has 0 radical (unpaired) electrons. The largest absolute Gasteiger partial charge is 0.393 e. The molecule has 1 saturated heterocycles. The van der Waals surface area contributed by atoms with Gasteiger partial charge in [0.1, 0.15) is 0 Å². The van der Waals surface area contributed by atoms with Gasteiger partial charge in [0, 0.05) is 19.6 Å². The van der Waals surface area contributed by atoms with E-state index >= 15 is 0 Å². The van der Waals surface area contributed by atoms with Crippen LogP contribution in [-0.4, -0.2) is 49.9 Å². The van der Waals surface area contributed by atoms with Crippen LogP contribution < -0.4 is 5.73 Å². The van der Waals surface area contributed by atoms with Gasteiger partial charge in [-0.05, 0) is 43.5 Å². The van der Waals surface area contributed by atoms with E-state index in [1.807, 2.05) is 0 Å². The van der Waals surface area contributed by atoms with Crippen LogP contribution in [0.1, 0.15) is 18.9 Å². The molecule has 2 rings (SSSR count). The summed E-state index contributed by atoms with van der Waals surface area (Å²) in [6.07, 6.45) is 0.610. The molecule has 1 aliphatic heterocycles. The van der Waals surface area contributed by atoms with E-state index in [0.717, 1.165) is 25.1 Å². The first-order valence-electron chi connectivity index (χ1n) is 7.34. The molecular formula is C15H24N2O3S. The summed E-state index contributed by atoms with van der Waals surface area (Å²) in [6.45, 7) is 4.36. The highest BCUT2D eigenvalue weighted by Gasteiger charge is 2.27. The Morgan fingerprint density at radius 3 is 2.57 bits per heavy atom. The van der Waals surface area contributed by atoms with Crippen molar-refractivity contribution in [3.8, 4) is 0 Å². The molecule has 1 aliphatic rings. The lowest BCUT2D eigenvalue weighted by molar-refractivity contribution is 0.128. The summed E-state index contributed by atoms with van der Waals surface area (Å²) in [5.74, 6) is 0.373. The molecule has 3 N–H and O–H groups in total. The first-order valence-corrected chi connectivity index (χ1v) is 9.00. The predicted octanol–water partition coefficient (Wildman–Crippen LogP) is 0.622. The van der Waals surface area contributed by atoms with Gasteiger partial charge in [0.25, 0.3) is 0 Å². The van der Waals surface area contributed by atoms with Gasteiger partial charge in [0.05, 0.1) is 16.8 Å². The minimum absolute atomic E-state index is 0.113. The Morgan fingerprint density at radius 2 is 2.05 bits per heavy atom. The number of hydrogen-bond donors (Lipinski definition) is 2. The zero-order valence-electron chi connectivity index (χ0n) is 12.4. The number of nitrogens with two attached hydrogens (primary N) is 1. The lowest BCUT2D eigenvalue weighted by Crippen LogP contribution is -2.29. The van der Waals surface area contributed by atoms with Crippen LogP contribution in [0.25, 0.3) is 0 Å². The number of likely N-dealkylation sites (tertiary alicyclic amines) is 1. The second kappa shape index (κ2) is 6.87. The average Bonchev–Trinajstić information content (AvgIpc) is 2.94. The van der Waals surface area contributed by atoms with Crippen molar-refractivity contribution in [3.05, 3.63) is 29.8 Å². The average molecular weight is 312 g/mol. The maximum atomic E-state index is 12.3. The smallest absolute Gasteiger partial charge is 0.179 e. The molecule has 118 valence electrons. The van der Waals surface area contributed by atoms with Crippen molar-refractivity contribution in [3.63, 3.8) is 0 Å². The van der Waals surface area contributed by atoms with Crippen LogP contribution in [0.4, 0.5) is 0 Å². The van der Waals surface area contributed by atoms with Gasteiger partial charge >= 0.3 is 0 Å². The molecule has 1 aromatic carbocycles. The molecule has 2 atom stereocenters. The molecule has 0 aromatic heterocycles. The number of aliphatic hydroxyl groups excluding tert-OH is 1. The van der Waals surface area contributed by atoms with E-state index in [1.165, 1.54) is 0 Å². The number of nitrogens with zero attached hydrogens (tertiary/aromatic N) is 1. The van der Waals surface area contributed by atoms with Crippen molar-refractivity contribution in [1.29, 1.82) is 0 Å². The molecule has 0 bridgehead atoms. The van der Waals surface area contributed by atoms with Crippen molar-refractivity contribution in [1.82, 2.24) is 4.90 Å². The lowest BCUT2D eigenvalue weighted by atomic mass is 10.0. The van der Waals surface area contributed by atoms with E-state index in [-0.39, 0.29) is 17.8 Å². The van der Waals surface area contributed by atoms with Crippen LogP contribution in [0.3, 0.4) is 0 Å². The van der Waals surface area contributed by atoms with Gasteiger partial charge in [-0.3, -0.25) is 0 Å². The fourth-order valence-electron chi connectivity index (χ4n) is 2.66. The maximum Gasteiger partial charge on any atom is 0.179 e. The van der Waals surface area contributed by atoms with Gasteiger partial charge in [-0.2, -0.15) is 0 Å². The summed E-state index contributed by atoms with van der Waals surface area (Å²) in [7, 11) is -3.26. The Kier molecular flexibility index (Phi) is 5.37. The zero-order chi connectivity index (χ0) is 15.5. The highest BCUT2D eigenvalue weighted by Crippen LogP contribution is 2.20. The second-order valence-corrected chi connectivity index (χ2v) is 7.87. The zero-order valence-corrected chi connectivity index (χ0v) is 13.2. The fourth-order valence-corrected chi connectivity index (χ4v) is 3.94. The van der Waals surface area contributed by atoms with Gasteiger partial charge in [-0.25, -0.2) is 8.42 Å². The van der Waals surface area contributed by atoms with Gasteiger partial charge in [0.2, 0.25) is 0 Å². The molecule has 6 heteroatoms. The molecule has 0 spiro atoms. The predicted molar refractivity (Wildman–Crippen MR) is 82.6 cm³/mol. The lowest BCUT2D eigenvalue weighted by Gasteiger charge is -2.17. The summed E-state index contributed by atoms with van der Waals surface area (Å²) in [5.41, 5.74) is 6.44. The van der Waals surface area contributed by atoms with Gasteiger partial charge < -0.3 is 15.7 Å². The van der Waals surface area contributed by atoms with Gasteiger partial charge in [0.15, 0.2) is 9.84 Å². The van der Waals surface area contributed by atoms with Gasteiger partial charge in [-0.15, -0.1) is 0 Å². The highest BCUT2D eigenvalue weighted by molar-refractivity contribution is 7.91. The molecule has 0 saturated carbocycles. The summed E-state index contributed by atoms with van der Waals surface area (Å²) < 4.78 is 24.6. The molecule has 1 heterocycles. The van der Waals surface area contributed by atoms with Crippen molar-refractivity contribution in [2.24, 2.45) is 11.7 Å². The van der Waals surface area contributed by atoms with E-state index in [2.05, 4.69) is 4.90 Å². The summed E-state index contributed by atoms with van der Waals surface area (Å²) in [5, 5.41) is 9.57. The number of rotatable bonds is 6. The monoisotopic (exact) mass is 312 g/mol. The van der Waals surface area contributed by atoms with Crippen molar-refractivity contribution in [2.45, 2.75) is 30.9 Å². The minimum atomic E-state index is -3.26. The third-order valence-corrected chi connectivity index (χ3v) is 5.90. The van der Waals surface area contributed by atoms with E-state index in [0.29, 0.717) is 18.0 Å². The van der Waals surface area contributed by atoms with E-state index < -0.39 is 9.84 Å². The summed E-state index contributed by atoms with van der Waals surface area (Å²) >= 11 is 0. The number of sulfone groups is 1. The van der Waals surface area contributed by atoms with Crippen LogP contribution >= 0.6 is 0 Å². The SMILES string of the molecule is CC(O)C1CCN(CCS(=O)(=O)c2ccc(CN)cc2)C1. The van der Waals surface area contributed by atoms with E-state index in [4.69, 9.17) is 5.73 Å². The molecule has 5 nitrogen and oxygen atoms in total. The first-order chi connectivity index (χ1) is 9.92. The first kappa shape index (κ1) is 16.4.